The summed E-state index contributed by atoms with van der Waals surface area (Å²) in [7, 11) is 0. The molecule has 0 rings (SSSR count). The Bertz CT molecular complexity index is 19.1. The summed E-state index contributed by atoms with van der Waals surface area (Å²) in [6.07, 6.45) is 0. The first-order valence-electron chi connectivity index (χ1n) is 0. The summed E-state index contributed by atoms with van der Waals surface area (Å²) < 4.78 is 0. The molecule has 0 aromatic rings. The molecule has 0 aliphatic rings. The average Bonchev–Trinajstić information content (AvgIpc) is 0. The second-order valence-corrected chi connectivity index (χ2v) is 0. The van der Waals surface area contributed by atoms with Gasteiger partial charge in [-0.05, 0) is 0 Å². The Morgan fingerprint density at radius 1 is 0.429 bits per heavy atom. The molecule has 0 radical (unpaired) electrons. The third-order valence-corrected chi connectivity index (χ3v) is 0. The van der Waals surface area contributed by atoms with Gasteiger partial charge >= 0.3 is 215 Å². The molecule has 7 heteroatoms. The van der Waals surface area contributed by atoms with Crippen LogP contribution in [0, 0.1) is 0 Å². The predicted molar refractivity (Wildman–Crippen MR) is 14.7 cm³/mol. The van der Waals surface area contributed by atoms with Crippen LogP contribution in [0.2, 0.25) is 0 Å². The van der Waals surface area contributed by atoms with E-state index in [4.69, 9.17) is 0 Å². The Morgan fingerprint density at radius 3 is 0.429 bits per heavy atom. The molecule has 16 valence electrons. The predicted octanol–water partition coefficient (Wildman–Crippen LogP) is -17.5. The van der Waals surface area contributed by atoms with Crippen LogP contribution < -0.4 is 177 Å². The molecular weight excluding hydrogens is 178 g/mol. The maximum absolute atomic E-state index is 0. The van der Waals surface area contributed by atoms with Gasteiger partial charge in [-0.2, -0.15) is 0 Å². The molecule has 0 atom stereocenters. The zero-order valence-corrected chi connectivity index (χ0v) is 20.9. The van der Waals surface area contributed by atoms with Crippen molar-refractivity contribution in [2.75, 3.05) is 0 Å². The summed E-state index contributed by atoms with van der Waals surface area (Å²) in [6.45, 7) is 0. The summed E-state index contributed by atoms with van der Waals surface area (Å²) in [6, 6.07) is 0. The molecule has 0 amide bonds. The molecule has 0 unspecified atom stereocenters. The number of hydrogen-bond donors (Lipinski definition) is 0. The molecule has 0 aliphatic carbocycles. The van der Waals surface area contributed by atoms with Gasteiger partial charge in [0.2, 0.25) is 0 Å². The second-order valence-electron chi connectivity index (χ2n) is 0. The maximum atomic E-state index is 0. The maximum Gasteiger partial charge on any atom is 2.00 e. The van der Waals surface area contributed by atoms with E-state index in [-0.39, 0.29) is 226 Å². The first-order valence-corrected chi connectivity index (χ1v) is 0. The molecule has 0 aromatic heterocycles. The van der Waals surface area contributed by atoms with E-state index in [1.807, 2.05) is 0 Å². The molecule has 0 bridgehead atoms. The Hall–Kier alpha value is 7.26. The molecule has 0 aliphatic heterocycles. The molecule has 0 saturated carbocycles. The average molecular weight is 186 g/mol. The van der Waals surface area contributed by atoms with Gasteiger partial charge in [-0.3, -0.25) is 0 Å². The van der Waals surface area contributed by atoms with E-state index in [1.54, 1.807) is 0 Å². The van der Waals surface area contributed by atoms with Crippen molar-refractivity contribution in [3.8, 4) is 0 Å². The molecule has 0 heterocycles. The van der Waals surface area contributed by atoms with Crippen molar-refractivity contribution >= 4 is 37.7 Å². The van der Waals surface area contributed by atoms with E-state index in [1.165, 1.54) is 0 Å². The third kappa shape index (κ3) is 31.9. The van der Waals surface area contributed by atoms with Crippen molar-refractivity contribution in [3.63, 3.8) is 0 Å². The first-order chi connectivity index (χ1) is 0. The second kappa shape index (κ2) is 37.8. The van der Waals surface area contributed by atoms with Crippen LogP contribution >= 0.6 is 0 Å². The van der Waals surface area contributed by atoms with Crippen molar-refractivity contribution in [3.05, 3.63) is 0 Å². The quantitative estimate of drug-likeness (QED) is 0.329. The molecule has 0 aromatic carbocycles. The van der Waals surface area contributed by atoms with Gasteiger partial charge in [0, 0.05) is 0 Å². The van der Waals surface area contributed by atoms with Gasteiger partial charge in [-0.1, -0.05) is 0 Å². The van der Waals surface area contributed by atoms with E-state index < -0.39 is 0 Å². The minimum atomic E-state index is 0. The molecule has 0 N–H and O–H groups in total. The van der Waals surface area contributed by atoms with Gasteiger partial charge in [-0.15, -0.1) is 0 Å². The largest absolute Gasteiger partial charge is 2.00 e. The fraction of sp³-hybridized carbons (Fsp3) is 0. The topological polar surface area (TPSA) is 0 Å². The fourth-order valence-electron chi connectivity index (χ4n) is 0. The fourth-order valence-corrected chi connectivity index (χ4v) is 0. The Morgan fingerprint density at radius 2 is 0.429 bits per heavy atom. The molecular formula is H8CaNa6. The van der Waals surface area contributed by atoms with Gasteiger partial charge < -0.3 is 11.4 Å². The zero-order valence-electron chi connectivity index (χ0n) is 14.7. The van der Waals surface area contributed by atoms with Gasteiger partial charge in [0.15, 0.2) is 0 Å². The van der Waals surface area contributed by atoms with E-state index in [0.717, 1.165) is 0 Å². The smallest absolute Gasteiger partial charge is 1.00 e. The van der Waals surface area contributed by atoms with E-state index >= 15 is 0 Å². The Balaban J connectivity index is 0. The first kappa shape index (κ1) is 47.6. The van der Waals surface area contributed by atoms with Crippen molar-refractivity contribution in [1.29, 1.82) is 0 Å². The van der Waals surface area contributed by atoms with Crippen molar-refractivity contribution < 1.29 is 189 Å². The van der Waals surface area contributed by atoms with E-state index in [9.17, 15) is 0 Å². The summed E-state index contributed by atoms with van der Waals surface area (Å²) in [5.74, 6) is 0. The molecule has 0 saturated heterocycles. The monoisotopic (exact) mass is 186 g/mol. The molecule has 0 fully saturated rings. The standard InChI is InChI=1S/Ca.6Na.8H/q+2;6*+1;8*-1. The van der Waals surface area contributed by atoms with Gasteiger partial charge in [0.25, 0.3) is 0 Å². The minimum absolute atomic E-state index is 0. The number of hydrogen-bond acceptors (Lipinski definition) is 0. The Kier molecular flexibility index (Phi) is 257. The summed E-state index contributed by atoms with van der Waals surface area (Å²) in [5.41, 5.74) is 0. The van der Waals surface area contributed by atoms with Crippen LogP contribution in [-0.2, 0) is 0 Å². The van der Waals surface area contributed by atoms with Crippen molar-refractivity contribution in [1.82, 2.24) is 0 Å². The van der Waals surface area contributed by atoms with Gasteiger partial charge in [-0.25, -0.2) is 0 Å². The van der Waals surface area contributed by atoms with E-state index in [2.05, 4.69) is 0 Å². The van der Waals surface area contributed by atoms with Gasteiger partial charge in [0.05, 0.1) is 0 Å². The SMILES string of the molecule is [Ca+2].[H-].[H-].[H-].[H-].[H-].[H-].[H-].[H-].[Na+].[Na+].[Na+].[Na+].[Na+].[Na+]. The summed E-state index contributed by atoms with van der Waals surface area (Å²) in [5, 5.41) is 0. The third-order valence-electron chi connectivity index (χ3n) is 0. The normalized spacial score (nSPS) is 0. The number of rotatable bonds is 0. The van der Waals surface area contributed by atoms with E-state index in [0.29, 0.717) is 0 Å². The van der Waals surface area contributed by atoms with Crippen LogP contribution in [-0.4, -0.2) is 37.7 Å². The molecule has 7 heavy (non-hydrogen) atoms. The van der Waals surface area contributed by atoms with Crippen LogP contribution in [0.25, 0.3) is 0 Å². The van der Waals surface area contributed by atoms with Crippen molar-refractivity contribution in [2.45, 2.75) is 0 Å². The van der Waals surface area contributed by atoms with Crippen LogP contribution in [0.15, 0.2) is 0 Å². The Labute approximate surface area is 220 Å². The molecule has 0 nitrogen and oxygen atoms in total. The molecule has 0 spiro atoms. The summed E-state index contributed by atoms with van der Waals surface area (Å²) in [4.78, 5) is 0. The summed E-state index contributed by atoms with van der Waals surface area (Å²) >= 11 is 0. The van der Waals surface area contributed by atoms with Crippen molar-refractivity contribution in [2.24, 2.45) is 0 Å². The van der Waals surface area contributed by atoms with Crippen LogP contribution in [0.1, 0.15) is 11.4 Å². The van der Waals surface area contributed by atoms with Crippen LogP contribution in [0.3, 0.4) is 0 Å². The van der Waals surface area contributed by atoms with Crippen LogP contribution in [0.5, 0.6) is 0 Å². The van der Waals surface area contributed by atoms with Gasteiger partial charge in [0.1, 0.15) is 0 Å². The van der Waals surface area contributed by atoms with Crippen LogP contribution in [0.4, 0.5) is 0 Å². The minimum Gasteiger partial charge on any atom is -1.00 e. The zero-order chi connectivity index (χ0) is 0.